The highest BCUT2D eigenvalue weighted by Gasteiger charge is 2.29. The zero-order chi connectivity index (χ0) is 24.8. The van der Waals surface area contributed by atoms with Crippen molar-refractivity contribution in [1.29, 1.82) is 0 Å². The first-order valence-corrected chi connectivity index (χ1v) is 12.9. The number of nitrogens with zero attached hydrogens (tertiary/aromatic N) is 2. The second-order valence-electron chi connectivity index (χ2n) is 9.38. The van der Waals surface area contributed by atoms with Gasteiger partial charge in [-0.05, 0) is 61.3 Å². The maximum atomic E-state index is 13.0. The predicted octanol–water partition coefficient (Wildman–Crippen LogP) is 6.09. The molecular formula is C29H32Cl2N2O2. The van der Waals surface area contributed by atoms with Gasteiger partial charge < -0.3 is 14.9 Å². The molecule has 1 fully saturated rings. The molecule has 0 unspecified atom stereocenters. The first-order valence-electron chi connectivity index (χ1n) is 12.1. The molecule has 1 heterocycles. The Balaban J connectivity index is 1.43. The van der Waals surface area contributed by atoms with Crippen LogP contribution in [0.15, 0.2) is 78.9 Å². The lowest BCUT2D eigenvalue weighted by Crippen LogP contribution is -2.43. The van der Waals surface area contributed by atoms with Gasteiger partial charge in [0.25, 0.3) is 5.91 Å². The molecule has 4 nitrogen and oxygen atoms in total. The number of hydrogen-bond acceptors (Lipinski definition) is 3. The molecule has 0 bridgehead atoms. The molecule has 1 aliphatic rings. The maximum absolute atomic E-state index is 13.0. The number of likely N-dealkylation sites (tertiary alicyclic amines) is 1. The van der Waals surface area contributed by atoms with Crippen LogP contribution in [0, 0.1) is 0 Å². The molecule has 35 heavy (non-hydrogen) atoms. The predicted molar refractivity (Wildman–Crippen MR) is 143 cm³/mol. The summed E-state index contributed by atoms with van der Waals surface area (Å²) in [5.41, 5.74) is 2.94. The fourth-order valence-electron chi connectivity index (χ4n) is 4.97. The summed E-state index contributed by atoms with van der Waals surface area (Å²) in [5, 5.41) is 11.9. The molecule has 1 aliphatic heterocycles. The van der Waals surface area contributed by atoms with Crippen LogP contribution in [0.3, 0.4) is 0 Å². The summed E-state index contributed by atoms with van der Waals surface area (Å²) in [5.74, 6) is 0.258. The highest BCUT2D eigenvalue weighted by Crippen LogP contribution is 2.31. The van der Waals surface area contributed by atoms with Crippen molar-refractivity contribution in [2.45, 2.75) is 30.8 Å². The normalized spacial score (nSPS) is 19.3. The minimum Gasteiger partial charge on any atom is -0.391 e. The summed E-state index contributed by atoms with van der Waals surface area (Å²) in [6, 6.07) is 25.3. The summed E-state index contributed by atoms with van der Waals surface area (Å²) in [7, 11) is 1.84. The summed E-state index contributed by atoms with van der Waals surface area (Å²) >= 11 is 12.5. The first-order chi connectivity index (χ1) is 16.9. The summed E-state index contributed by atoms with van der Waals surface area (Å²) in [6.45, 7) is 2.97. The van der Waals surface area contributed by atoms with Crippen molar-refractivity contribution < 1.29 is 9.90 Å². The van der Waals surface area contributed by atoms with Crippen LogP contribution in [-0.4, -0.2) is 60.1 Å². The lowest BCUT2D eigenvalue weighted by molar-refractivity contribution is 0.0493. The highest BCUT2D eigenvalue weighted by atomic mass is 35.5. The van der Waals surface area contributed by atoms with Crippen molar-refractivity contribution in [2.75, 3.05) is 33.2 Å². The zero-order valence-electron chi connectivity index (χ0n) is 20.0. The lowest BCUT2D eigenvalue weighted by Gasteiger charge is -2.37. The van der Waals surface area contributed by atoms with Crippen LogP contribution < -0.4 is 0 Å². The van der Waals surface area contributed by atoms with Crippen LogP contribution in [0.25, 0.3) is 0 Å². The molecule has 184 valence electrons. The van der Waals surface area contributed by atoms with Crippen molar-refractivity contribution >= 4 is 29.1 Å². The van der Waals surface area contributed by atoms with Gasteiger partial charge >= 0.3 is 0 Å². The molecule has 3 atom stereocenters. The van der Waals surface area contributed by atoms with Gasteiger partial charge in [0, 0.05) is 37.5 Å². The quantitative estimate of drug-likeness (QED) is 0.398. The second-order valence-corrected chi connectivity index (χ2v) is 10.2. The number of aliphatic hydroxyl groups excluding tert-OH is 1. The average molecular weight is 511 g/mol. The van der Waals surface area contributed by atoms with Crippen LogP contribution >= 0.6 is 23.2 Å². The van der Waals surface area contributed by atoms with Gasteiger partial charge in [-0.25, -0.2) is 0 Å². The molecule has 6 heteroatoms. The zero-order valence-corrected chi connectivity index (χ0v) is 21.5. The molecule has 0 saturated carbocycles. The minimum atomic E-state index is -0.392. The Hall–Kier alpha value is -2.37. The van der Waals surface area contributed by atoms with Crippen LogP contribution in [0.4, 0.5) is 0 Å². The fourth-order valence-corrected chi connectivity index (χ4v) is 5.28. The summed E-state index contributed by atoms with van der Waals surface area (Å²) in [4.78, 5) is 17.1. The Morgan fingerprint density at radius 1 is 1.03 bits per heavy atom. The molecule has 0 aromatic heterocycles. The van der Waals surface area contributed by atoms with E-state index in [0.29, 0.717) is 28.7 Å². The van der Waals surface area contributed by atoms with Crippen LogP contribution in [0.2, 0.25) is 10.0 Å². The van der Waals surface area contributed by atoms with Gasteiger partial charge in [-0.1, -0.05) is 77.8 Å². The van der Waals surface area contributed by atoms with E-state index in [0.717, 1.165) is 31.5 Å². The number of carbonyl (C=O) groups is 1. The number of likely N-dealkylation sites (N-methyl/N-ethyl adjacent to an activating group) is 1. The van der Waals surface area contributed by atoms with Gasteiger partial charge in [0.15, 0.2) is 0 Å². The van der Waals surface area contributed by atoms with Gasteiger partial charge in [-0.3, -0.25) is 4.79 Å². The minimum absolute atomic E-state index is 0.00485. The molecule has 0 spiro atoms. The number of benzene rings is 3. The van der Waals surface area contributed by atoms with E-state index in [9.17, 15) is 9.90 Å². The van der Waals surface area contributed by atoms with Crippen molar-refractivity contribution in [3.63, 3.8) is 0 Å². The third-order valence-electron chi connectivity index (χ3n) is 6.96. The third kappa shape index (κ3) is 6.65. The number of piperidine rings is 1. The summed E-state index contributed by atoms with van der Waals surface area (Å²) < 4.78 is 0. The van der Waals surface area contributed by atoms with Crippen molar-refractivity contribution in [1.82, 2.24) is 9.80 Å². The molecule has 1 N–H and O–H groups in total. The van der Waals surface area contributed by atoms with E-state index in [4.69, 9.17) is 23.2 Å². The van der Waals surface area contributed by atoms with Crippen LogP contribution in [0.5, 0.6) is 0 Å². The van der Waals surface area contributed by atoms with Crippen LogP contribution in [0.1, 0.15) is 46.2 Å². The number of halogens is 2. The molecule has 1 saturated heterocycles. The van der Waals surface area contributed by atoms with E-state index in [1.165, 1.54) is 5.56 Å². The molecule has 0 aliphatic carbocycles. The third-order valence-corrected chi connectivity index (χ3v) is 7.70. The van der Waals surface area contributed by atoms with E-state index in [1.807, 2.05) is 73.8 Å². The van der Waals surface area contributed by atoms with Gasteiger partial charge in [0.05, 0.1) is 16.1 Å². The molecular weight excluding hydrogens is 479 g/mol. The molecule has 4 rings (SSSR count). The van der Waals surface area contributed by atoms with E-state index in [2.05, 4.69) is 17.0 Å². The molecule has 0 radical (unpaired) electrons. The standard InChI is InChI=1S/C29H32Cl2N2O2/c1-32(29(35)22-10-6-3-7-11-22)19-24(23-12-13-26(30)27(31)18-23)14-16-33-17-15-25(28(34)20-33)21-8-4-2-5-9-21/h2-13,18,24-25,28,34H,14-17,19-20H2,1H3/t24-,25-,28+/m0/s1. The Morgan fingerprint density at radius 3 is 2.37 bits per heavy atom. The SMILES string of the molecule is CN(C[C@H](CCN1CC[C@@H](c2ccccc2)[C@H](O)C1)c1ccc(Cl)c(Cl)c1)C(=O)c1ccccc1. The number of β-amino-alcohol motifs (C(OH)–C–C–N with tert-alkyl or cyclic N) is 1. The number of amides is 1. The Labute approximate surface area is 218 Å². The number of aliphatic hydroxyl groups is 1. The van der Waals surface area contributed by atoms with Gasteiger partial charge in [-0.15, -0.1) is 0 Å². The topological polar surface area (TPSA) is 43.8 Å². The van der Waals surface area contributed by atoms with E-state index < -0.39 is 6.10 Å². The second kappa shape index (κ2) is 12.0. The molecule has 3 aromatic rings. The largest absolute Gasteiger partial charge is 0.391 e. The fraction of sp³-hybridized carbons (Fsp3) is 0.345. The van der Waals surface area contributed by atoms with E-state index in [1.54, 1.807) is 4.90 Å². The molecule has 1 amide bonds. The number of rotatable bonds is 8. The smallest absolute Gasteiger partial charge is 0.253 e. The Kier molecular flexibility index (Phi) is 8.85. The average Bonchev–Trinajstić information content (AvgIpc) is 2.88. The van der Waals surface area contributed by atoms with Gasteiger partial charge in [0.2, 0.25) is 0 Å². The van der Waals surface area contributed by atoms with Gasteiger partial charge in [-0.2, -0.15) is 0 Å². The van der Waals surface area contributed by atoms with Crippen molar-refractivity contribution in [2.24, 2.45) is 0 Å². The highest BCUT2D eigenvalue weighted by molar-refractivity contribution is 6.42. The van der Waals surface area contributed by atoms with E-state index in [-0.39, 0.29) is 17.7 Å². The van der Waals surface area contributed by atoms with E-state index >= 15 is 0 Å². The maximum Gasteiger partial charge on any atom is 0.253 e. The number of hydrogen-bond donors (Lipinski definition) is 1. The Bertz CT molecular complexity index is 1110. The van der Waals surface area contributed by atoms with Crippen molar-refractivity contribution in [3.8, 4) is 0 Å². The Morgan fingerprint density at radius 2 is 1.71 bits per heavy atom. The monoisotopic (exact) mass is 510 g/mol. The van der Waals surface area contributed by atoms with Crippen LogP contribution in [-0.2, 0) is 0 Å². The van der Waals surface area contributed by atoms with Gasteiger partial charge in [0.1, 0.15) is 0 Å². The molecule has 3 aromatic carbocycles. The number of carbonyl (C=O) groups excluding carboxylic acids is 1. The first kappa shape index (κ1) is 25.7. The van der Waals surface area contributed by atoms with Crippen molar-refractivity contribution in [3.05, 3.63) is 106 Å². The summed E-state index contributed by atoms with van der Waals surface area (Å²) in [6.07, 6.45) is 1.37. The lowest BCUT2D eigenvalue weighted by atomic mass is 9.86.